The molecule has 1 aromatic carbocycles. The van der Waals surface area contributed by atoms with Gasteiger partial charge in [0, 0.05) is 12.3 Å². The van der Waals surface area contributed by atoms with Crippen molar-refractivity contribution >= 4 is 23.6 Å². The third kappa shape index (κ3) is 3.40. The van der Waals surface area contributed by atoms with Gasteiger partial charge >= 0.3 is 0 Å². The minimum Gasteiger partial charge on any atom is -0.469 e. The first-order valence-electron chi connectivity index (χ1n) is 8.61. The summed E-state index contributed by atoms with van der Waals surface area (Å²) in [5.74, 6) is 1.52. The maximum absolute atomic E-state index is 12.3. The number of unbranched alkanes of at least 4 members (excludes halogenated alkanes) is 1. The average Bonchev–Trinajstić information content (AvgIpc) is 3.37. The molecule has 2 aromatic heterocycles. The van der Waals surface area contributed by atoms with Crippen LogP contribution in [0.5, 0.6) is 0 Å². The smallest absolute Gasteiger partial charge is 0.276 e. The van der Waals surface area contributed by atoms with Crippen molar-refractivity contribution in [2.24, 2.45) is 0 Å². The Balaban J connectivity index is 1.25. The molecule has 0 bridgehead atoms. The number of imide groups is 1. The quantitative estimate of drug-likeness (QED) is 0.348. The minimum atomic E-state index is -0.208. The van der Waals surface area contributed by atoms with Crippen LogP contribution in [0.2, 0.25) is 0 Å². The predicted molar refractivity (Wildman–Crippen MR) is 98.5 cm³/mol. The Kier molecular flexibility index (Phi) is 4.81. The largest absolute Gasteiger partial charge is 0.469 e. The zero-order chi connectivity index (χ0) is 18.8. The highest BCUT2D eigenvalue weighted by molar-refractivity contribution is 7.99. The van der Waals surface area contributed by atoms with Gasteiger partial charge in [-0.2, -0.15) is 0 Å². The summed E-state index contributed by atoms with van der Waals surface area (Å²) in [7, 11) is 0. The van der Waals surface area contributed by atoms with Gasteiger partial charge in [0.1, 0.15) is 5.76 Å². The van der Waals surface area contributed by atoms with E-state index >= 15 is 0 Å². The number of nitrogens with zero attached hydrogens (tertiary/aromatic N) is 3. The molecule has 0 aliphatic carbocycles. The summed E-state index contributed by atoms with van der Waals surface area (Å²) in [5, 5.41) is 8.55. The number of hydrogen-bond donors (Lipinski definition) is 0. The van der Waals surface area contributed by atoms with Crippen molar-refractivity contribution in [2.75, 3.05) is 12.3 Å². The summed E-state index contributed by atoms with van der Waals surface area (Å²) >= 11 is 1.46. The summed E-state index contributed by atoms with van der Waals surface area (Å²) in [6.45, 7) is 2.25. The Hall–Kier alpha value is -2.87. The van der Waals surface area contributed by atoms with E-state index < -0.39 is 0 Å². The fraction of sp³-hybridized carbons (Fsp3) is 0.263. The van der Waals surface area contributed by atoms with Crippen LogP contribution in [-0.2, 0) is 0 Å². The van der Waals surface area contributed by atoms with Gasteiger partial charge in [0.2, 0.25) is 0 Å². The van der Waals surface area contributed by atoms with Crippen molar-refractivity contribution in [1.82, 2.24) is 15.1 Å². The SMILES string of the molecule is Cc1occc1-c1nnc(SCCCCN2C(=O)c3ccccc3C2=O)o1. The molecule has 7 nitrogen and oxygen atoms in total. The second-order valence-corrected chi connectivity index (χ2v) is 7.17. The van der Waals surface area contributed by atoms with Crippen molar-refractivity contribution in [3.8, 4) is 11.5 Å². The molecular formula is C19H17N3O4S. The van der Waals surface area contributed by atoms with Crippen LogP contribution in [0.25, 0.3) is 11.5 Å². The number of furan rings is 1. The molecule has 0 radical (unpaired) electrons. The Labute approximate surface area is 159 Å². The molecule has 0 spiro atoms. The first kappa shape index (κ1) is 17.5. The van der Waals surface area contributed by atoms with Crippen LogP contribution in [0.3, 0.4) is 0 Å². The van der Waals surface area contributed by atoms with E-state index in [1.165, 1.54) is 16.7 Å². The Morgan fingerprint density at radius 1 is 1.00 bits per heavy atom. The standard InChI is InChI=1S/C19H17N3O4S/c1-12-13(8-10-25-12)16-20-21-19(26-16)27-11-5-4-9-22-17(23)14-6-2-3-7-15(14)18(22)24/h2-3,6-8,10H,4-5,9,11H2,1H3. The van der Waals surface area contributed by atoms with E-state index in [0.717, 1.165) is 29.9 Å². The van der Waals surface area contributed by atoms with Crippen LogP contribution >= 0.6 is 11.8 Å². The van der Waals surface area contributed by atoms with E-state index in [4.69, 9.17) is 8.83 Å². The van der Waals surface area contributed by atoms with E-state index in [1.807, 2.05) is 6.92 Å². The zero-order valence-electron chi connectivity index (χ0n) is 14.7. The van der Waals surface area contributed by atoms with Gasteiger partial charge in [-0.15, -0.1) is 10.2 Å². The summed E-state index contributed by atoms with van der Waals surface area (Å²) in [5.41, 5.74) is 1.77. The number of rotatable bonds is 7. The molecule has 0 N–H and O–H groups in total. The molecule has 0 saturated heterocycles. The number of thioether (sulfide) groups is 1. The summed E-state index contributed by atoms with van der Waals surface area (Å²) in [6.07, 6.45) is 3.13. The number of carbonyl (C=O) groups is 2. The average molecular weight is 383 g/mol. The van der Waals surface area contributed by atoms with Crippen LogP contribution in [0, 0.1) is 6.92 Å². The van der Waals surface area contributed by atoms with Crippen molar-refractivity contribution in [3.63, 3.8) is 0 Å². The van der Waals surface area contributed by atoms with Gasteiger partial charge in [-0.1, -0.05) is 23.9 Å². The van der Waals surface area contributed by atoms with Crippen LogP contribution in [0.1, 0.15) is 39.3 Å². The molecule has 8 heteroatoms. The van der Waals surface area contributed by atoms with E-state index in [1.54, 1.807) is 36.6 Å². The summed E-state index contributed by atoms with van der Waals surface area (Å²) < 4.78 is 10.9. The maximum Gasteiger partial charge on any atom is 0.276 e. The molecule has 0 unspecified atom stereocenters. The van der Waals surface area contributed by atoms with E-state index in [9.17, 15) is 9.59 Å². The van der Waals surface area contributed by atoms with Crippen LogP contribution in [0.4, 0.5) is 0 Å². The molecule has 3 aromatic rings. The molecule has 3 heterocycles. The lowest BCUT2D eigenvalue weighted by Crippen LogP contribution is -2.30. The topological polar surface area (TPSA) is 89.4 Å². The number of aromatic nitrogens is 2. The van der Waals surface area contributed by atoms with E-state index in [-0.39, 0.29) is 11.8 Å². The summed E-state index contributed by atoms with van der Waals surface area (Å²) in [6, 6.07) is 8.72. The molecule has 0 fully saturated rings. The molecule has 0 atom stereocenters. The van der Waals surface area contributed by atoms with Gasteiger partial charge in [-0.05, 0) is 38.0 Å². The highest BCUT2D eigenvalue weighted by Crippen LogP contribution is 2.27. The van der Waals surface area contributed by atoms with Gasteiger partial charge in [0.05, 0.1) is 23.0 Å². The molecule has 1 aliphatic rings. The second kappa shape index (κ2) is 7.40. The fourth-order valence-corrected chi connectivity index (χ4v) is 3.72. The first-order chi connectivity index (χ1) is 13.1. The lowest BCUT2D eigenvalue weighted by atomic mass is 10.1. The normalized spacial score (nSPS) is 13.4. The van der Waals surface area contributed by atoms with Gasteiger partial charge in [-0.25, -0.2) is 0 Å². The number of aryl methyl sites for hydroxylation is 1. The second-order valence-electron chi connectivity index (χ2n) is 6.13. The number of benzene rings is 1. The van der Waals surface area contributed by atoms with E-state index in [0.29, 0.717) is 28.8 Å². The molecule has 138 valence electrons. The first-order valence-corrected chi connectivity index (χ1v) is 9.59. The van der Waals surface area contributed by atoms with Crippen molar-refractivity contribution in [3.05, 3.63) is 53.5 Å². The highest BCUT2D eigenvalue weighted by Gasteiger charge is 2.34. The lowest BCUT2D eigenvalue weighted by Gasteiger charge is -2.13. The van der Waals surface area contributed by atoms with Gasteiger partial charge < -0.3 is 8.83 Å². The number of hydrogen-bond acceptors (Lipinski definition) is 7. The van der Waals surface area contributed by atoms with Crippen molar-refractivity contribution in [2.45, 2.75) is 25.0 Å². The number of carbonyl (C=O) groups excluding carboxylic acids is 2. The maximum atomic E-state index is 12.3. The van der Waals surface area contributed by atoms with Crippen molar-refractivity contribution in [1.29, 1.82) is 0 Å². The molecule has 1 aliphatic heterocycles. The molecule has 2 amide bonds. The van der Waals surface area contributed by atoms with Gasteiger partial charge in [0.25, 0.3) is 22.9 Å². The predicted octanol–water partition coefficient (Wildman–Crippen LogP) is 3.81. The van der Waals surface area contributed by atoms with E-state index in [2.05, 4.69) is 10.2 Å². The van der Waals surface area contributed by atoms with Gasteiger partial charge in [0.15, 0.2) is 0 Å². The Morgan fingerprint density at radius 2 is 1.74 bits per heavy atom. The minimum absolute atomic E-state index is 0.208. The molecule has 0 saturated carbocycles. The number of amides is 2. The third-order valence-corrected chi connectivity index (χ3v) is 5.28. The fourth-order valence-electron chi connectivity index (χ4n) is 2.96. The molecular weight excluding hydrogens is 366 g/mol. The Bertz CT molecular complexity index is 959. The lowest BCUT2D eigenvalue weighted by molar-refractivity contribution is 0.0652. The molecule has 27 heavy (non-hydrogen) atoms. The number of fused-ring (bicyclic) bond motifs is 1. The third-order valence-electron chi connectivity index (χ3n) is 4.38. The van der Waals surface area contributed by atoms with Gasteiger partial charge in [-0.3, -0.25) is 14.5 Å². The van der Waals surface area contributed by atoms with Crippen molar-refractivity contribution < 1.29 is 18.4 Å². The highest BCUT2D eigenvalue weighted by atomic mass is 32.2. The molecule has 4 rings (SSSR count). The van der Waals surface area contributed by atoms with Crippen LogP contribution < -0.4 is 0 Å². The summed E-state index contributed by atoms with van der Waals surface area (Å²) in [4.78, 5) is 25.9. The zero-order valence-corrected chi connectivity index (χ0v) is 15.5. The Morgan fingerprint density at radius 3 is 2.41 bits per heavy atom. The van der Waals surface area contributed by atoms with Crippen LogP contribution in [-0.4, -0.2) is 39.2 Å². The van der Waals surface area contributed by atoms with Crippen LogP contribution in [0.15, 0.2) is 50.7 Å². The monoisotopic (exact) mass is 383 g/mol.